The fourth-order valence-corrected chi connectivity index (χ4v) is 3.89. The smallest absolute Gasteiger partial charge is 0.0691 e. The Kier molecular flexibility index (Phi) is 2.97. The minimum atomic E-state index is -1.69. The van der Waals surface area contributed by atoms with Crippen LogP contribution in [-0.4, -0.2) is 23.7 Å². The molecular formula is C16H24N2O. The van der Waals surface area contributed by atoms with E-state index in [-0.39, 0.29) is 11.0 Å². The van der Waals surface area contributed by atoms with E-state index in [4.69, 9.17) is 13.2 Å². The molecule has 19 heavy (non-hydrogen) atoms. The number of aromatic nitrogens is 1. The van der Waals surface area contributed by atoms with Crippen LogP contribution in [0.5, 0.6) is 0 Å². The lowest BCUT2D eigenvalue weighted by molar-refractivity contribution is -0.104. The third-order valence-electron chi connectivity index (χ3n) is 4.81. The van der Waals surface area contributed by atoms with Crippen molar-refractivity contribution in [2.45, 2.75) is 56.0 Å². The number of nitrogens with two attached hydrogens (primary N) is 1. The van der Waals surface area contributed by atoms with Crippen LogP contribution >= 0.6 is 0 Å². The van der Waals surface area contributed by atoms with Crippen molar-refractivity contribution in [3.63, 3.8) is 0 Å². The number of hydrogen-bond donors (Lipinski definition) is 1. The SMILES string of the molecule is [2H]C([2H])(N)CC1(c2ccccn2)CCOC2(CCCC2)C1. The minimum Gasteiger partial charge on any atom is -0.375 e. The highest BCUT2D eigenvalue weighted by Crippen LogP contribution is 2.49. The van der Waals surface area contributed by atoms with Crippen molar-refractivity contribution in [2.75, 3.05) is 13.1 Å². The largest absolute Gasteiger partial charge is 0.375 e. The molecule has 1 spiro atoms. The van der Waals surface area contributed by atoms with Crippen LogP contribution in [0.4, 0.5) is 0 Å². The second kappa shape index (κ2) is 5.22. The van der Waals surface area contributed by atoms with Gasteiger partial charge in [-0.25, -0.2) is 0 Å². The molecule has 1 unspecified atom stereocenters. The van der Waals surface area contributed by atoms with Crippen molar-refractivity contribution in [1.29, 1.82) is 0 Å². The van der Waals surface area contributed by atoms with E-state index >= 15 is 0 Å². The summed E-state index contributed by atoms with van der Waals surface area (Å²) < 4.78 is 21.9. The Bertz CT molecular complexity index is 483. The summed E-state index contributed by atoms with van der Waals surface area (Å²) in [7, 11) is 0. The van der Waals surface area contributed by atoms with Crippen LogP contribution in [0.3, 0.4) is 0 Å². The molecule has 0 amide bonds. The fraction of sp³-hybridized carbons (Fsp3) is 0.688. The zero-order valence-electron chi connectivity index (χ0n) is 13.4. The average Bonchev–Trinajstić information content (AvgIpc) is 2.86. The first-order valence-electron chi connectivity index (χ1n) is 8.28. The zero-order valence-corrected chi connectivity index (χ0v) is 11.4. The van der Waals surface area contributed by atoms with Gasteiger partial charge in [0.2, 0.25) is 0 Å². The Morgan fingerprint density at radius 1 is 1.32 bits per heavy atom. The second-order valence-corrected chi connectivity index (χ2v) is 6.04. The van der Waals surface area contributed by atoms with E-state index in [0.29, 0.717) is 13.0 Å². The van der Waals surface area contributed by atoms with Gasteiger partial charge in [0.25, 0.3) is 0 Å². The van der Waals surface area contributed by atoms with E-state index in [1.165, 1.54) is 12.8 Å². The number of rotatable bonds is 3. The standard InChI is InChI=1S/C16H24N2O/c17-10-8-15(14-5-1-4-11-18-14)9-12-19-16(13-15)6-2-3-7-16/h1,4-5,11H,2-3,6-10,12-13,17H2/i10D2. The number of pyridine rings is 1. The third kappa shape index (κ3) is 2.41. The van der Waals surface area contributed by atoms with Gasteiger partial charge in [-0.05, 0) is 50.7 Å². The Balaban J connectivity index is 1.96. The van der Waals surface area contributed by atoms with Crippen molar-refractivity contribution in [3.8, 4) is 0 Å². The van der Waals surface area contributed by atoms with Crippen molar-refractivity contribution >= 4 is 0 Å². The van der Waals surface area contributed by atoms with Crippen LogP contribution in [0.25, 0.3) is 0 Å². The van der Waals surface area contributed by atoms with Crippen LogP contribution in [0, 0.1) is 0 Å². The van der Waals surface area contributed by atoms with Crippen LogP contribution in [-0.2, 0) is 10.2 Å². The molecule has 1 aromatic rings. The summed E-state index contributed by atoms with van der Waals surface area (Å²) in [6.07, 6.45) is 8.30. The maximum absolute atomic E-state index is 7.88. The average molecular weight is 262 g/mol. The Morgan fingerprint density at radius 2 is 2.16 bits per heavy atom. The molecule has 1 aliphatic carbocycles. The first-order valence-corrected chi connectivity index (χ1v) is 7.28. The van der Waals surface area contributed by atoms with Gasteiger partial charge >= 0.3 is 0 Å². The van der Waals surface area contributed by atoms with Crippen molar-refractivity contribution in [1.82, 2.24) is 4.98 Å². The van der Waals surface area contributed by atoms with Crippen molar-refractivity contribution in [3.05, 3.63) is 30.1 Å². The molecule has 2 aliphatic rings. The van der Waals surface area contributed by atoms with Gasteiger partial charge in [-0.3, -0.25) is 4.98 Å². The van der Waals surface area contributed by atoms with Gasteiger partial charge in [0.05, 0.1) is 5.60 Å². The second-order valence-electron chi connectivity index (χ2n) is 6.04. The molecule has 0 radical (unpaired) electrons. The lowest BCUT2D eigenvalue weighted by Crippen LogP contribution is -2.47. The number of nitrogens with zero attached hydrogens (tertiary/aromatic N) is 1. The molecule has 2 N–H and O–H groups in total. The predicted octanol–water partition coefficient (Wildman–Crippen LogP) is 2.79. The third-order valence-corrected chi connectivity index (χ3v) is 4.81. The predicted molar refractivity (Wildman–Crippen MR) is 76.0 cm³/mol. The van der Waals surface area contributed by atoms with Crippen LogP contribution in [0.1, 0.15) is 53.4 Å². The molecule has 0 aromatic carbocycles. The Morgan fingerprint density at radius 3 is 2.84 bits per heavy atom. The van der Waals surface area contributed by atoms with Gasteiger partial charge in [0, 0.05) is 26.7 Å². The summed E-state index contributed by atoms with van der Waals surface area (Å²) in [5.74, 6) is 0. The monoisotopic (exact) mass is 262 g/mol. The maximum Gasteiger partial charge on any atom is 0.0691 e. The van der Waals surface area contributed by atoms with E-state index in [0.717, 1.165) is 31.4 Å². The zero-order chi connectivity index (χ0) is 15.0. The van der Waals surface area contributed by atoms with Crippen molar-refractivity contribution < 1.29 is 7.48 Å². The van der Waals surface area contributed by atoms with Crippen molar-refractivity contribution in [2.24, 2.45) is 5.73 Å². The number of ether oxygens (including phenoxy) is 1. The first-order chi connectivity index (χ1) is 9.93. The van der Waals surface area contributed by atoms with Crippen LogP contribution in [0.2, 0.25) is 0 Å². The van der Waals surface area contributed by atoms with E-state index in [9.17, 15) is 0 Å². The molecule has 104 valence electrons. The topological polar surface area (TPSA) is 48.1 Å². The molecule has 1 atom stereocenters. The molecule has 2 fully saturated rings. The molecule has 3 heteroatoms. The van der Waals surface area contributed by atoms with Gasteiger partial charge in [-0.15, -0.1) is 0 Å². The highest BCUT2D eigenvalue weighted by Gasteiger charge is 2.48. The Hall–Kier alpha value is -0.930. The molecule has 1 aliphatic heterocycles. The molecule has 2 heterocycles. The number of hydrogen-bond acceptors (Lipinski definition) is 3. The molecule has 1 aromatic heterocycles. The lowest BCUT2D eigenvalue weighted by Gasteiger charge is -2.46. The van der Waals surface area contributed by atoms with E-state index in [1.807, 2.05) is 18.2 Å². The summed E-state index contributed by atoms with van der Waals surface area (Å²) in [6, 6.07) is 5.89. The summed E-state index contributed by atoms with van der Waals surface area (Å²) in [4.78, 5) is 4.54. The first kappa shape index (κ1) is 10.8. The highest BCUT2D eigenvalue weighted by atomic mass is 16.5. The van der Waals surface area contributed by atoms with Gasteiger partial charge in [0.15, 0.2) is 0 Å². The quantitative estimate of drug-likeness (QED) is 0.911. The maximum atomic E-state index is 7.88. The van der Waals surface area contributed by atoms with Crippen LogP contribution < -0.4 is 5.73 Å². The van der Waals surface area contributed by atoms with E-state index < -0.39 is 6.50 Å². The summed E-state index contributed by atoms with van der Waals surface area (Å²) in [5.41, 5.74) is 6.32. The van der Waals surface area contributed by atoms with Gasteiger partial charge < -0.3 is 10.5 Å². The highest BCUT2D eigenvalue weighted by molar-refractivity contribution is 5.20. The van der Waals surface area contributed by atoms with Gasteiger partial charge in [-0.2, -0.15) is 0 Å². The lowest BCUT2D eigenvalue weighted by atomic mass is 9.68. The molecule has 3 nitrogen and oxygen atoms in total. The summed E-state index contributed by atoms with van der Waals surface area (Å²) in [6.45, 7) is -1.01. The van der Waals surface area contributed by atoms with E-state index in [2.05, 4.69) is 4.98 Å². The fourth-order valence-electron chi connectivity index (χ4n) is 3.89. The molecule has 1 saturated heterocycles. The Labute approximate surface area is 118 Å². The molecule has 1 saturated carbocycles. The summed E-state index contributed by atoms with van der Waals surface area (Å²) in [5, 5.41) is 0. The molecular weight excluding hydrogens is 236 g/mol. The van der Waals surface area contributed by atoms with Crippen LogP contribution in [0.15, 0.2) is 24.4 Å². The van der Waals surface area contributed by atoms with Gasteiger partial charge in [0.1, 0.15) is 0 Å². The van der Waals surface area contributed by atoms with E-state index in [1.54, 1.807) is 6.20 Å². The van der Waals surface area contributed by atoms with Gasteiger partial charge in [-0.1, -0.05) is 18.9 Å². The molecule has 0 bridgehead atoms. The summed E-state index contributed by atoms with van der Waals surface area (Å²) >= 11 is 0. The minimum absolute atomic E-state index is 0.0823. The normalized spacial score (nSPS) is 32.1. The molecule has 3 rings (SSSR count).